The van der Waals surface area contributed by atoms with Crippen LogP contribution in [-0.4, -0.2) is 56.8 Å². The van der Waals surface area contributed by atoms with Gasteiger partial charge in [-0.2, -0.15) is 5.10 Å². The third-order valence-corrected chi connectivity index (χ3v) is 7.81. The molecule has 2 fully saturated rings. The maximum atomic E-state index is 12.9. The van der Waals surface area contributed by atoms with Gasteiger partial charge in [0, 0.05) is 24.5 Å². The Morgan fingerprint density at radius 1 is 1.23 bits per heavy atom. The number of amides is 1. The van der Waals surface area contributed by atoms with E-state index in [9.17, 15) is 14.7 Å². The first-order chi connectivity index (χ1) is 14.5. The van der Waals surface area contributed by atoms with E-state index in [0.29, 0.717) is 25.6 Å². The highest BCUT2D eigenvalue weighted by atomic mass is 32.1. The number of aliphatic carboxylic acids is 1. The van der Waals surface area contributed by atoms with Gasteiger partial charge in [-0.3, -0.25) is 19.2 Å². The van der Waals surface area contributed by atoms with Crippen LogP contribution in [0.3, 0.4) is 0 Å². The van der Waals surface area contributed by atoms with Gasteiger partial charge in [0.25, 0.3) is 5.91 Å². The van der Waals surface area contributed by atoms with E-state index in [1.54, 1.807) is 11.3 Å². The zero-order chi connectivity index (χ0) is 21.3. The van der Waals surface area contributed by atoms with Gasteiger partial charge in [-0.15, -0.1) is 11.3 Å². The van der Waals surface area contributed by atoms with Crippen molar-refractivity contribution in [3.05, 3.63) is 16.6 Å². The number of carboxylic acid groups (broad SMARTS) is 1. The summed E-state index contributed by atoms with van der Waals surface area (Å²) in [7, 11) is 0. The highest BCUT2D eigenvalue weighted by Crippen LogP contribution is 2.35. The highest BCUT2D eigenvalue weighted by Gasteiger charge is 2.29. The molecule has 0 bridgehead atoms. The van der Waals surface area contributed by atoms with E-state index in [1.807, 2.05) is 24.8 Å². The second-order valence-corrected chi connectivity index (χ2v) is 9.73. The fraction of sp³-hybridized carbons (Fsp3) is 0.682. The average molecular weight is 433 g/mol. The lowest BCUT2D eigenvalue weighted by atomic mass is 9.96. The lowest BCUT2D eigenvalue weighted by molar-refractivity contribution is -0.143. The molecule has 3 heterocycles. The quantitative estimate of drug-likeness (QED) is 0.721. The van der Waals surface area contributed by atoms with Crippen LogP contribution in [0.15, 0.2) is 6.07 Å². The van der Waals surface area contributed by atoms with Crippen molar-refractivity contribution in [3.8, 4) is 0 Å². The number of carbonyl (C=O) groups is 2. The summed E-state index contributed by atoms with van der Waals surface area (Å²) in [5.41, 5.74) is 0.999. The molecule has 4 rings (SSSR count). The number of rotatable bonds is 6. The molecule has 2 N–H and O–H groups in total. The Morgan fingerprint density at radius 3 is 2.57 bits per heavy atom. The Balaban J connectivity index is 1.41. The monoisotopic (exact) mass is 432 g/mol. The number of hydrogen-bond acceptors (Lipinski definition) is 5. The number of nitrogens with one attached hydrogen (secondary N) is 1. The molecule has 1 saturated carbocycles. The van der Waals surface area contributed by atoms with Crippen molar-refractivity contribution in [2.75, 3.05) is 13.1 Å². The first kappa shape index (κ1) is 21.3. The number of nitrogens with zero attached hydrogens (tertiary/aromatic N) is 3. The number of piperidine rings is 1. The normalized spacial score (nSPS) is 20.5. The van der Waals surface area contributed by atoms with Crippen molar-refractivity contribution in [2.24, 2.45) is 0 Å². The van der Waals surface area contributed by atoms with Gasteiger partial charge in [0.2, 0.25) is 0 Å². The van der Waals surface area contributed by atoms with E-state index in [2.05, 4.69) is 10.00 Å². The van der Waals surface area contributed by atoms with Crippen molar-refractivity contribution >= 4 is 33.4 Å². The third kappa shape index (κ3) is 4.25. The number of carbonyl (C=O) groups excluding carboxylic acids is 1. The van der Waals surface area contributed by atoms with Gasteiger partial charge in [-0.05, 0) is 45.1 Å². The number of aromatic nitrogens is 2. The van der Waals surface area contributed by atoms with E-state index in [-0.39, 0.29) is 11.9 Å². The van der Waals surface area contributed by atoms with E-state index in [0.717, 1.165) is 33.6 Å². The van der Waals surface area contributed by atoms with Gasteiger partial charge >= 0.3 is 5.97 Å². The minimum Gasteiger partial charge on any atom is -0.480 e. The van der Waals surface area contributed by atoms with Crippen molar-refractivity contribution in [3.63, 3.8) is 0 Å². The van der Waals surface area contributed by atoms with Gasteiger partial charge < -0.3 is 10.4 Å². The van der Waals surface area contributed by atoms with E-state index >= 15 is 0 Å². The predicted octanol–water partition coefficient (Wildman–Crippen LogP) is 3.97. The molecule has 1 aliphatic carbocycles. The van der Waals surface area contributed by atoms with Gasteiger partial charge in [-0.1, -0.05) is 26.2 Å². The molecular weight excluding hydrogens is 400 g/mol. The minimum absolute atomic E-state index is 0.0190. The Morgan fingerprint density at radius 2 is 1.93 bits per heavy atom. The third-order valence-electron chi connectivity index (χ3n) is 6.69. The predicted molar refractivity (Wildman–Crippen MR) is 118 cm³/mol. The minimum atomic E-state index is -0.757. The zero-order valence-electron chi connectivity index (χ0n) is 17.9. The van der Waals surface area contributed by atoms with Crippen LogP contribution in [-0.2, 0) is 4.79 Å². The fourth-order valence-corrected chi connectivity index (χ4v) is 6.09. The summed E-state index contributed by atoms with van der Waals surface area (Å²) in [6.45, 7) is 5.35. The first-order valence-corrected chi connectivity index (χ1v) is 12.1. The molecule has 1 unspecified atom stereocenters. The number of aryl methyl sites for hydroxylation is 1. The van der Waals surface area contributed by atoms with E-state index in [1.165, 1.54) is 32.1 Å². The standard InChI is InChI=1S/C22H32N4O3S/c1-3-18(22(28)29)25-11-9-15(10-12-25)23-20(27)19-13-17-14(2)24-26(21(17)30-19)16-7-5-4-6-8-16/h13,15-16,18H,3-12H2,1-2H3,(H,23,27)(H,28,29). The molecule has 7 nitrogen and oxygen atoms in total. The molecule has 2 aliphatic rings. The molecule has 0 spiro atoms. The molecule has 0 radical (unpaired) electrons. The smallest absolute Gasteiger partial charge is 0.320 e. The molecule has 1 aliphatic heterocycles. The van der Waals surface area contributed by atoms with Crippen LogP contribution in [0.2, 0.25) is 0 Å². The average Bonchev–Trinajstić information content (AvgIpc) is 3.31. The summed E-state index contributed by atoms with van der Waals surface area (Å²) in [5, 5.41) is 18.4. The summed E-state index contributed by atoms with van der Waals surface area (Å²) in [4.78, 5) is 28.2. The SMILES string of the molecule is CCC(C(=O)O)N1CCC(NC(=O)c2cc3c(C)nn(C4CCCCC4)c3s2)CC1. The maximum absolute atomic E-state index is 12.9. The Bertz CT molecular complexity index is 907. The second-order valence-electron chi connectivity index (χ2n) is 8.70. The molecule has 1 saturated heterocycles. The van der Waals surface area contributed by atoms with Gasteiger partial charge in [0.05, 0.1) is 16.6 Å². The summed E-state index contributed by atoms with van der Waals surface area (Å²) >= 11 is 1.55. The van der Waals surface area contributed by atoms with Crippen LogP contribution >= 0.6 is 11.3 Å². The Labute approximate surface area is 181 Å². The number of likely N-dealkylation sites (tertiary alicyclic amines) is 1. The second kappa shape index (κ2) is 9.06. The largest absolute Gasteiger partial charge is 0.480 e. The molecule has 0 aromatic carbocycles. The Hall–Kier alpha value is -1.93. The topological polar surface area (TPSA) is 87.5 Å². The molecule has 8 heteroatoms. The highest BCUT2D eigenvalue weighted by molar-refractivity contribution is 7.20. The van der Waals surface area contributed by atoms with Gasteiger partial charge in [0.1, 0.15) is 10.9 Å². The molecule has 30 heavy (non-hydrogen) atoms. The van der Waals surface area contributed by atoms with Crippen molar-refractivity contribution in [2.45, 2.75) is 83.3 Å². The van der Waals surface area contributed by atoms with Crippen LogP contribution < -0.4 is 5.32 Å². The molecule has 1 atom stereocenters. The number of fused-ring (bicyclic) bond motifs is 1. The number of carboxylic acids is 1. The maximum Gasteiger partial charge on any atom is 0.320 e. The van der Waals surface area contributed by atoms with Crippen molar-refractivity contribution in [1.82, 2.24) is 20.0 Å². The van der Waals surface area contributed by atoms with Crippen LogP contribution in [0.5, 0.6) is 0 Å². The molecule has 164 valence electrons. The molecule has 2 aromatic rings. The number of hydrogen-bond donors (Lipinski definition) is 2. The summed E-state index contributed by atoms with van der Waals surface area (Å²) in [5.74, 6) is -0.776. The summed E-state index contributed by atoms with van der Waals surface area (Å²) in [6, 6.07) is 2.12. The summed E-state index contributed by atoms with van der Waals surface area (Å²) < 4.78 is 2.17. The lowest BCUT2D eigenvalue weighted by Gasteiger charge is -2.35. The number of thiophene rings is 1. The van der Waals surface area contributed by atoms with E-state index in [4.69, 9.17) is 5.10 Å². The Kier molecular flexibility index (Phi) is 6.43. The van der Waals surface area contributed by atoms with Gasteiger partial charge in [0.15, 0.2) is 0 Å². The van der Waals surface area contributed by atoms with E-state index < -0.39 is 12.0 Å². The van der Waals surface area contributed by atoms with Crippen molar-refractivity contribution < 1.29 is 14.7 Å². The fourth-order valence-electron chi connectivity index (χ4n) is 4.96. The molecular formula is C22H32N4O3S. The first-order valence-electron chi connectivity index (χ1n) is 11.2. The van der Waals surface area contributed by atoms with Crippen LogP contribution in [0.1, 0.15) is 79.7 Å². The molecule has 1 amide bonds. The van der Waals surface area contributed by atoms with Crippen LogP contribution in [0.4, 0.5) is 0 Å². The zero-order valence-corrected chi connectivity index (χ0v) is 18.7. The van der Waals surface area contributed by atoms with Crippen LogP contribution in [0, 0.1) is 6.92 Å². The molecule has 2 aromatic heterocycles. The van der Waals surface area contributed by atoms with Crippen molar-refractivity contribution in [1.29, 1.82) is 0 Å². The lowest BCUT2D eigenvalue weighted by Crippen LogP contribution is -2.50. The van der Waals surface area contributed by atoms with Crippen LogP contribution in [0.25, 0.3) is 10.2 Å². The van der Waals surface area contributed by atoms with Gasteiger partial charge in [-0.25, -0.2) is 0 Å². The summed E-state index contributed by atoms with van der Waals surface area (Å²) in [6.07, 6.45) is 8.33.